The number of carbonyl (C=O) groups is 1. The van der Waals surface area contributed by atoms with Crippen molar-refractivity contribution < 1.29 is 13.2 Å². The Morgan fingerprint density at radius 2 is 1.92 bits per heavy atom. The highest BCUT2D eigenvalue weighted by atomic mass is 32.2. The van der Waals surface area contributed by atoms with Gasteiger partial charge >= 0.3 is 0 Å². The van der Waals surface area contributed by atoms with Crippen LogP contribution < -0.4 is 10.5 Å². The lowest BCUT2D eigenvalue weighted by atomic mass is 10.1. The molecule has 1 amide bonds. The van der Waals surface area contributed by atoms with Crippen LogP contribution in [0.1, 0.15) is 11.1 Å². The van der Waals surface area contributed by atoms with Crippen LogP contribution in [0.15, 0.2) is 46.0 Å². The van der Waals surface area contributed by atoms with Crippen LogP contribution in [0.25, 0.3) is 0 Å². The van der Waals surface area contributed by atoms with Crippen molar-refractivity contribution in [3.8, 4) is 0 Å². The third-order valence-electron chi connectivity index (χ3n) is 3.43. The molecule has 24 heavy (non-hydrogen) atoms. The van der Waals surface area contributed by atoms with Crippen LogP contribution >= 0.6 is 11.3 Å². The standard InChI is InChI=1S/C16H21N3O3S2/c1-19(10-14-7-9-23-12-14)11-16(20)18-8-6-13-2-4-15(5-3-13)24(17,21)22/h2-5,7,9,12H,6,8,10-11H2,1H3,(H,18,20)(H2,17,21,22). The molecular weight excluding hydrogens is 346 g/mol. The van der Waals surface area contributed by atoms with E-state index >= 15 is 0 Å². The van der Waals surface area contributed by atoms with Gasteiger partial charge in [0, 0.05) is 13.1 Å². The molecule has 0 saturated heterocycles. The third kappa shape index (κ3) is 6.04. The van der Waals surface area contributed by atoms with Crippen LogP contribution in [0, 0.1) is 0 Å². The van der Waals surface area contributed by atoms with Crippen molar-refractivity contribution in [3.05, 3.63) is 52.2 Å². The Kier molecular flexibility index (Phi) is 6.50. The van der Waals surface area contributed by atoms with Gasteiger partial charge in [-0.15, -0.1) is 0 Å². The van der Waals surface area contributed by atoms with Crippen LogP contribution in [0.4, 0.5) is 0 Å². The average molecular weight is 367 g/mol. The van der Waals surface area contributed by atoms with Crippen molar-refractivity contribution in [1.29, 1.82) is 0 Å². The summed E-state index contributed by atoms with van der Waals surface area (Å²) in [5.74, 6) is -0.0334. The molecule has 0 aliphatic carbocycles. The van der Waals surface area contributed by atoms with Gasteiger partial charge in [0.2, 0.25) is 15.9 Å². The van der Waals surface area contributed by atoms with Crippen LogP contribution in [0.3, 0.4) is 0 Å². The minimum Gasteiger partial charge on any atom is -0.355 e. The van der Waals surface area contributed by atoms with Gasteiger partial charge in [-0.25, -0.2) is 13.6 Å². The van der Waals surface area contributed by atoms with Gasteiger partial charge in [0.25, 0.3) is 0 Å². The molecule has 1 aromatic carbocycles. The van der Waals surface area contributed by atoms with Crippen molar-refractivity contribution in [2.75, 3.05) is 20.1 Å². The maximum Gasteiger partial charge on any atom is 0.238 e. The Morgan fingerprint density at radius 1 is 1.21 bits per heavy atom. The predicted molar refractivity (Wildman–Crippen MR) is 95.2 cm³/mol. The second kappa shape index (κ2) is 8.39. The minimum atomic E-state index is -3.66. The number of benzene rings is 1. The number of nitrogens with zero attached hydrogens (tertiary/aromatic N) is 1. The molecule has 1 heterocycles. The summed E-state index contributed by atoms with van der Waals surface area (Å²) in [5.41, 5.74) is 2.14. The average Bonchev–Trinajstić information content (AvgIpc) is 2.99. The van der Waals surface area contributed by atoms with E-state index in [1.807, 2.05) is 23.4 Å². The fourth-order valence-electron chi connectivity index (χ4n) is 2.24. The van der Waals surface area contributed by atoms with Crippen LogP contribution in [0.2, 0.25) is 0 Å². The number of nitrogens with two attached hydrogens (primary N) is 1. The number of primary sulfonamides is 1. The molecule has 0 atom stereocenters. The zero-order chi connectivity index (χ0) is 17.6. The molecule has 1 aromatic heterocycles. The number of sulfonamides is 1. The number of thiophene rings is 1. The molecule has 2 rings (SSSR count). The molecule has 0 unspecified atom stereocenters. The molecule has 0 fully saturated rings. The van der Waals surface area contributed by atoms with Crippen LogP contribution in [0.5, 0.6) is 0 Å². The lowest BCUT2D eigenvalue weighted by Crippen LogP contribution is -2.35. The maximum atomic E-state index is 11.9. The molecule has 0 bridgehead atoms. The van der Waals surface area contributed by atoms with Gasteiger partial charge < -0.3 is 5.32 Å². The fourth-order valence-corrected chi connectivity index (χ4v) is 3.42. The Hall–Kier alpha value is -1.74. The fraction of sp³-hybridized carbons (Fsp3) is 0.312. The van der Waals surface area contributed by atoms with Gasteiger partial charge in [-0.3, -0.25) is 9.69 Å². The van der Waals surface area contributed by atoms with Gasteiger partial charge in [0.1, 0.15) is 0 Å². The number of nitrogens with one attached hydrogen (secondary N) is 1. The summed E-state index contributed by atoms with van der Waals surface area (Å²) < 4.78 is 22.4. The van der Waals surface area contributed by atoms with Gasteiger partial charge in [0.05, 0.1) is 11.4 Å². The molecule has 6 nitrogen and oxygen atoms in total. The van der Waals surface area contributed by atoms with Crippen molar-refractivity contribution in [1.82, 2.24) is 10.2 Å². The van der Waals surface area contributed by atoms with Gasteiger partial charge in [0.15, 0.2) is 0 Å². The largest absolute Gasteiger partial charge is 0.355 e. The number of carbonyl (C=O) groups excluding carboxylic acids is 1. The Balaban J connectivity index is 1.72. The smallest absolute Gasteiger partial charge is 0.238 e. The Bertz CT molecular complexity index is 756. The monoisotopic (exact) mass is 367 g/mol. The first-order chi connectivity index (χ1) is 11.3. The molecular formula is C16H21N3O3S2. The van der Waals surface area contributed by atoms with E-state index in [0.717, 1.165) is 12.1 Å². The van der Waals surface area contributed by atoms with Crippen molar-refractivity contribution in [2.45, 2.75) is 17.9 Å². The number of rotatable bonds is 8. The van der Waals surface area contributed by atoms with E-state index in [1.54, 1.807) is 23.5 Å². The zero-order valence-electron chi connectivity index (χ0n) is 13.4. The first kappa shape index (κ1) is 18.6. The number of hydrogen-bond acceptors (Lipinski definition) is 5. The molecule has 8 heteroatoms. The molecule has 0 aliphatic rings. The van der Waals surface area contributed by atoms with Crippen molar-refractivity contribution in [3.63, 3.8) is 0 Å². The van der Waals surface area contributed by atoms with E-state index in [1.165, 1.54) is 17.7 Å². The van der Waals surface area contributed by atoms with E-state index in [9.17, 15) is 13.2 Å². The number of amides is 1. The molecule has 2 aromatic rings. The molecule has 0 aliphatic heterocycles. The van der Waals surface area contributed by atoms with Gasteiger partial charge in [-0.1, -0.05) is 12.1 Å². The van der Waals surface area contributed by atoms with E-state index < -0.39 is 10.0 Å². The van der Waals surface area contributed by atoms with Crippen molar-refractivity contribution >= 4 is 27.3 Å². The molecule has 0 saturated carbocycles. The first-order valence-corrected chi connectivity index (χ1v) is 9.91. The second-order valence-corrected chi connectivity index (χ2v) is 7.93. The summed E-state index contributed by atoms with van der Waals surface area (Å²) in [6, 6.07) is 8.40. The van der Waals surface area contributed by atoms with E-state index in [4.69, 9.17) is 5.14 Å². The number of hydrogen-bond donors (Lipinski definition) is 2. The molecule has 0 spiro atoms. The molecule has 3 N–H and O–H groups in total. The summed E-state index contributed by atoms with van der Waals surface area (Å²) in [6.07, 6.45) is 0.630. The molecule has 130 valence electrons. The highest BCUT2D eigenvalue weighted by Crippen LogP contribution is 2.09. The predicted octanol–water partition coefficient (Wildman–Crippen LogP) is 1.19. The highest BCUT2D eigenvalue weighted by molar-refractivity contribution is 7.89. The summed E-state index contributed by atoms with van der Waals surface area (Å²) in [7, 11) is -1.76. The third-order valence-corrected chi connectivity index (χ3v) is 5.10. The number of likely N-dealkylation sites (N-methyl/N-ethyl adjacent to an activating group) is 1. The minimum absolute atomic E-state index is 0.0334. The highest BCUT2D eigenvalue weighted by Gasteiger charge is 2.08. The summed E-state index contributed by atoms with van der Waals surface area (Å²) in [6.45, 7) is 1.58. The second-order valence-electron chi connectivity index (χ2n) is 5.59. The summed E-state index contributed by atoms with van der Waals surface area (Å²) in [5, 5.41) is 12.0. The quantitative estimate of drug-likeness (QED) is 0.733. The normalized spacial score (nSPS) is 11.6. The topological polar surface area (TPSA) is 92.5 Å². The lowest BCUT2D eigenvalue weighted by Gasteiger charge is -2.15. The van der Waals surface area contributed by atoms with Crippen LogP contribution in [-0.2, 0) is 27.8 Å². The van der Waals surface area contributed by atoms with Gasteiger partial charge in [-0.05, 0) is 53.6 Å². The summed E-state index contributed by atoms with van der Waals surface area (Å²) >= 11 is 1.64. The zero-order valence-corrected chi connectivity index (χ0v) is 15.1. The van der Waals surface area contributed by atoms with Crippen molar-refractivity contribution in [2.24, 2.45) is 5.14 Å². The first-order valence-electron chi connectivity index (χ1n) is 7.42. The SMILES string of the molecule is CN(CC(=O)NCCc1ccc(S(N)(=O)=O)cc1)Cc1ccsc1. The van der Waals surface area contributed by atoms with E-state index in [2.05, 4.69) is 10.7 Å². The maximum absolute atomic E-state index is 11.9. The molecule has 0 radical (unpaired) electrons. The van der Waals surface area contributed by atoms with Crippen LogP contribution in [-0.4, -0.2) is 39.4 Å². The Labute approximate surface area is 146 Å². The van der Waals surface area contributed by atoms with E-state index in [0.29, 0.717) is 19.5 Å². The Morgan fingerprint density at radius 3 is 2.50 bits per heavy atom. The summed E-state index contributed by atoms with van der Waals surface area (Å²) in [4.78, 5) is 14.0. The van der Waals surface area contributed by atoms with E-state index in [-0.39, 0.29) is 10.8 Å². The lowest BCUT2D eigenvalue weighted by molar-refractivity contribution is -0.122. The van der Waals surface area contributed by atoms with Gasteiger partial charge in [-0.2, -0.15) is 11.3 Å².